The fourth-order valence-corrected chi connectivity index (χ4v) is 11.0. The van der Waals surface area contributed by atoms with Crippen molar-refractivity contribution in [2.45, 2.75) is 96.8 Å². The number of carbonyl (C=O) groups is 2. The molecule has 5 heterocycles. The minimum Gasteiger partial charge on any atom is -0.368 e. The second kappa shape index (κ2) is 20.0. The second-order valence-electron chi connectivity index (χ2n) is 17.6. The lowest BCUT2D eigenvalue weighted by Gasteiger charge is -2.32. The van der Waals surface area contributed by atoms with Crippen molar-refractivity contribution in [3.8, 4) is 0 Å². The summed E-state index contributed by atoms with van der Waals surface area (Å²) < 4.78 is 32.9. The Morgan fingerprint density at radius 2 is 1.02 bits per heavy atom. The zero-order valence-corrected chi connectivity index (χ0v) is 37.9. The Bertz CT molecular complexity index is 2540. The number of para-hydroxylation sites is 2. The van der Waals surface area contributed by atoms with Crippen molar-refractivity contribution in [3.05, 3.63) is 140 Å². The Morgan fingerprint density at radius 1 is 0.587 bits per heavy atom. The lowest BCUT2D eigenvalue weighted by atomic mass is 9.89. The predicted molar refractivity (Wildman–Crippen MR) is 250 cm³/mol. The number of primary amides is 1. The second-order valence-corrected chi connectivity index (χ2v) is 18.4. The molecule has 2 amide bonds. The van der Waals surface area contributed by atoms with Gasteiger partial charge in [-0.2, -0.15) is 0 Å². The summed E-state index contributed by atoms with van der Waals surface area (Å²) in [4.78, 5) is 31.5. The third kappa shape index (κ3) is 9.85. The number of carbonyl (C=O) groups excluding carboxylic acids is 2. The van der Waals surface area contributed by atoms with Crippen molar-refractivity contribution >= 4 is 56.8 Å². The zero-order chi connectivity index (χ0) is 44.2. The summed E-state index contributed by atoms with van der Waals surface area (Å²) in [5.74, 6) is -0.211. The van der Waals surface area contributed by atoms with Gasteiger partial charge < -0.3 is 19.8 Å². The van der Waals surface area contributed by atoms with Gasteiger partial charge in [0.25, 0.3) is 0 Å². The molecular formula is C51H58Cl2F2N6O2. The number of rotatable bonds is 10. The Labute approximate surface area is 379 Å². The number of hydrogen-bond acceptors (Lipinski definition) is 4. The highest BCUT2D eigenvalue weighted by Gasteiger charge is 2.29. The molecule has 4 aromatic carbocycles. The molecule has 12 heteroatoms. The van der Waals surface area contributed by atoms with Gasteiger partial charge in [0.2, 0.25) is 11.8 Å². The van der Waals surface area contributed by atoms with Gasteiger partial charge in [0.15, 0.2) is 0 Å². The standard InChI is InChI=1S/C28H33ClFN3O.C23H25ClFN3O/c1-20-23(18-31-16-12-21(13-17-31)28-24(29)9-7-10-25(28)30)22-8-3-4-11-26(22)33(20)19-27(34)32-14-5-2-6-15-32;1-15-18(17-5-2-3-8-21(17)28(15)14-22(26)29)13-27-11-9-16(10-12-27)23-19(24)6-4-7-20(23)25/h3-4,7-11,21H,2,5-6,12-19H2,1H3;2-8,16H,9-14H2,1H3,(H2,26,29). The summed E-state index contributed by atoms with van der Waals surface area (Å²) in [6, 6.07) is 26.4. The topological polar surface area (TPSA) is 79.7 Å². The molecule has 9 rings (SSSR count). The first kappa shape index (κ1) is 44.9. The smallest absolute Gasteiger partial charge is 0.242 e. The summed E-state index contributed by atoms with van der Waals surface area (Å²) in [6.45, 7) is 11.7. The van der Waals surface area contributed by atoms with Crippen LogP contribution in [0.2, 0.25) is 10.0 Å². The molecule has 8 nitrogen and oxygen atoms in total. The van der Waals surface area contributed by atoms with Crippen LogP contribution in [-0.2, 0) is 35.8 Å². The molecule has 3 fully saturated rings. The number of nitrogens with zero attached hydrogens (tertiary/aromatic N) is 5. The van der Waals surface area contributed by atoms with E-state index in [1.54, 1.807) is 24.3 Å². The first-order valence-electron chi connectivity index (χ1n) is 22.5. The maximum atomic E-state index is 14.4. The molecule has 0 radical (unpaired) electrons. The number of hydrogen-bond donors (Lipinski definition) is 1. The Morgan fingerprint density at radius 3 is 1.44 bits per heavy atom. The molecular weight excluding hydrogens is 838 g/mol. The van der Waals surface area contributed by atoms with Crippen LogP contribution in [0.15, 0.2) is 84.9 Å². The lowest BCUT2D eigenvalue weighted by Crippen LogP contribution is -2.38. The number of piperidine rings is 3. The highest BCUT2D eigenvalue weighted by atomic mass is 35.5. The van der Waals surface area contributed by atoms with Crippen molar-refractivity contribution in [2.75, 3.05) is 39.3 Å². The summed E-state index contributed by atoms with van der Waals surface area (Å²) in [5.41, 5.74) is 13.7. The first-order chi connectivity index (χ1) is 30.5. The molecule has 3 aliphatic heterocycles. The number of fused-ring (bicyclic) bond motifs is 2. The van der Waals surface area contributed by atoms with Gasteiger partial charge in [-0.1, -0.05) is 71.7 Å². The minimum atomic E-state index is -0.344. The van der Waals surface area contributed by atoms with Crippen LogP contribution in [-0.4, -0.2) is 74.9 Å². The van der Waals surface area contributed by atoms with E-state index in [0.717, 1.165) is 113 Å². The van der Waals surface area contributed by atoms with Crippen LogP contribution in [0.5, 0.6) is 0 Å². The van der Waals surface area contributed by atoms with E-state index in [1.165, 1.54) is 40.8 Å². The Hall–Kier alpha value is -4.74. The number of aromatic nitrogens is 2. The van der Waals surface area contributed by atoms with Gasteiger partial charge in [0.05, 0.1) is 0 Å². The maximum Gasteiger partial charge on any atom is 0.242 e. The van der Waals surface area contributed by atoms with Crippen LogP contribution >= 0.6 is 23.2 Å². The number of amides is 2. The monoisotopic (exact) mass is 894 g/mol. The molecule has 2 aromatic heterocycles. The van der Waals surface area contributed by atoms with Crippen LogP contribution in [0.4, 0.5) is 8.78 Å². The quantitative estimate of drug-likeness (QED) is 0.149. The average Bonchev–Trinajstić information content (AvgIpc) is 3.69. The number of halogens is 4. The van der Waals surface area contributed by atoms with Gasteiger partial charge in [0, 0.05) is 80.5 Å². The Balaban J connectivity index is 0.000000175. The van der Waals surface area contributed by atoms with E-state index in [2.05, 4.69) is 51.6 Å². The van der Waals surface area contributed by atoms with Crippen molar-refractivity contribution in [2.24, 2.45) is 5.73 Å². The predicted octanol–water partition coefficient (Wildman–Crippen LogP) is 10.7. The first-order valence-corrected chi connectivity index (χ1v) is 23.3. The molecule has 0 aliphatic carbocycles. The molecule has 3 saturated heterocycles. The normalized spacial score (nSPS) is 17.0. The molecule has 2 N–H and O–H groups in total. The summed E-state index contributed by atoms with van der Waals surface area (Å²) in [7, 11) is 0. The van der Waals surface area contributed by atoms with E-state index in [-0.39, 0.29) is 41.8 Å². The van der Waals surface area contributed by atoms with Crippen LogP contribution < -0.4 is 5.73 Å². The number of benzene rings is 4. The van der Waals surface area contributed by atoms with Crippen molar-refractivity contribution < 1.29 is 18.4 Å². The number of nitrogens with two attached hydrogens (primary N) is 1. The lowest BCUT2D eigenvalue weighted by molar-refractivity contribution is -0.132. The van der Waals surface area contributed by atoms with E-state index in [0.29, 0.717) is 27.7 Å². The average molecular weight is 896 g/mol. The highest BCUT2D eigenvalue weighted by molar-refractivity contribution is 6.31. The van der Waals surface area contributed by atoms with Gasteiger partial charge >= 0.3 is 0 Å². The van der Waals surface area contributed by atoms with Gasteiger partial charge in [-0.15, -0.1) is 0 Å². The van der Waals surface area contributed by atoms with Gasteiger partial charge in [-0.05, 0) is 144 Å². The van der Waals surface area contributed by atoms with Crippen LogP contribution in [0.25, 0.3) is 21.8 Å². The van der Waals surface area contributed by atoms with Crippen LogP contribution in [0.3, 0.4) is 0 Å². The molecule has 0 spiro atoms. The molecule has 0 unspecified atom stereocenters. The maximum absolute atomic E-state index is 14.4. The third-order valence-corrected chi connectivity index (χ3v) is 14.5. The molecule has 3 aliphatic rings. The van der Waals surface area contributed by atoms with E-state index in [1.807, 2.05) is 34.6 Å². The Kier molecular flexibility index (Phi) is 14.2. The van der Waals surface area contributed by atoms with Gasteiger partial charge in [-0.3, -0.25) is 19.4 Å². The fraction of sp³-hybridized carbons (Fsp3) is 0.412. The van der Waals surface area contributed by atoms with Crippen LogP contribution in [0, 0.1) is 25.5 Å². The SMILES string of the molecule is Cc1c(CN2CCC(c3c(F)cccc3Cl)CC2)c2ccccc2n1CC(=O)N1CCCCC1.Cc1c(CN2CCC(c3c(F)cccc3Cl)CC2)c2ccccc2n1CC(N)=O. The van der Waals surface area contributed by atoms with Crippen molar-refractivity contribution in [1.29, 1.82) is 0 Å². The van der Waals surface area contributed by atoms with E-state index in [4.69, 9.17) is 28.9 Å². The van der Waals surface area contributed by atoms with E-state index >= 15 is 0 Å². The highest BCUT2D eigenvalue weighted by Crippen LogP contribution is 2.38. The van der Waals surface area contributed by atoms with Crippen LogP contribution in [0.1, 0.15) is 90.4 Å². The molecule has 6 aromatic rings. The molecule has 332 valence electrons. The summed E-state index contributed by atoms with van der Waals surface area (Å²) in [5, 5.41) is 3.45. The van der Waals surface area contributed by atoms with E-state index < -0.39 is 0 Å². The zero-order valence-electron chi connectivity index (χ0n) is 36.4. The molecule has 0 atom stereocenters. The summed E-state index contributed by atoms with van der Waals surface area (Å²) >= 11 is 12.6. The van der Waals surface area contributed by atoms with Gasteiger partial charge in [0.1, 0.15) is 24.7 Å². The molecule has 0 bridgehead atoms. The molecule has 63 heavy (non-hydrogen) atoms. The third-order valence-electron chi connectivity index (χ3n) is 13.8. The van der Waals surface area contributed by atoms with E-state index in [9.17, 15) is 18.4 Å². The minimum absolute atomic E-state index is 0.150. The molecule has 0 saturated carbocycles. The summed E-state index contributed by atoms with van der Waals surface area (Å²) in [6.07, 6.45) is 6.98. The number of likely N-dealkylation sites (tertiary alicyclic amines) is 3. The fourth-order valence-electron chi connectivity index (χ4n) is 10.4. The van der Waals surface area contributed by atoms with Crippen molar-refractivity contribution in [3.63, 3.8) is 0 Å². The van der Waals surface area contributed by atoms with Gasteiger partial charge in [-0.25, -0.2) is 8.78 Å². The largest absolute Gasteiger partial charge is 0.368 e. The van der Waals surface area contributed by atoms with Crippen molar-refractivity contribution in [1.82, 2.24) is 23.8 Å².